The molecule has 0 saturated carbocycles. The Hall–Kier alpha value is -3.41. The number of carbonyl (C=O) groups is 1. The Labute approximate surface area is 163 Å². The topological polar surface area (TPSA) is 50.2 Å². The number of urea groups is 1. The fraction of sp³-hybridized carbons (Fsp3) is 0.182. The van der Waals surface area contributed by atoms with Gasteiger partial charge in [-0.05, 0) is 53.5 Å². The Balaban J connectivity index is 1.34. The summed E-state index contributed by atoms with van der Waals surface area (Å²) in [5.41, 5.74) is 4.13. The normalized spacial score (nSPS) is 13.9. The second-order valence-electron chi connectivity index (χ2n) is 6.71. The van der Waals surface area contributed by atoms with Gasteiger partial charge in [0.2, 0.25) is 0 Å². The van der Waals surface area contributed by atoms with Crippen molar-refractivity contribution in [1.82, 2.24) is 20.0 Å². The van der Waals surface area contributed by atoms with Crippen LogP contribution in [0, 0.1) is 5.82 Å². The van der Waals surface area contributed by atoms with Crippen LogP contribution >= 0.6 is 0 Å². The molecule has 1 aromatic heterocycles. The summed E-state index contributed by atoms with van der Waals surface area (Å²) >= 11 is 0. The van der Waals surface area contributed by atoms with Gasteiger partial charge < -0.3 is 10.2 Å². The minimum atomic E-state index is -0.238. The molecule has 1 aliphatic heterocycles. The molecule has 6 heteroatoms. The Bertz CT molecular complexity index is 980. The van der Waals surface area contributed by atoms with E-state index in [4.69, 9.17) is 0 Å². The number of carbonyl (C=O) groups excluding carboxylic acids is 1. The number of nitrogens with one attached hydrogen (secondary N) is 1. The van der Waals surface area contributed by atoms with Crippen LogP contribution in [0.1, 0.15) is 17.5 Å². The second kappa shape index (κ2) is 8.08. The maximum absolute atomic E-state index is 13.1. The molecule has 2 heterocycles. The van der Waals surface area contributed by atoms with Crippen LogP contribution in [0.15, 0.2) is 73.1 Å². The average molecular weight is 376 g/mol. The summed E-state index contributed by atoms with van der Waals surface area (Å²) in [6, 6.07) is 16.2. The van der Waals surface area contributed by atoms with Gasteiger partial charge in [-0.15, -0.1) is 0 Å². The predicted molar refractivity (Wildman–Crippen MR) is 106 cm³/mol. The molecule has 3 aromatic rings. The van der Waals surface area contributed by atoms with E-state index in [2.05, 4.69) is 10.4 Å². The van der Waals surface area contributed by atoms with Gasteiger partial charge in [-0.3, -0.25) is 0 Å². The number of halogens is 1. The smallest absolute Gasteiger partial charge is 0.317 e. The van der Waals surface area contributed by atoms with Crippen LogP contribution in [0.25, 0.3) is 11.3 Å². The van der Waals surface area contributed by atoms with Gasteiger partial charge in [-0.2, -0.15) is 5.10 Å². The molecule has 0 atom stereocenters. The van der Waals surface area contributed by atoms with E-state index in [0.717, 1.165) is 28.8 Å². The van der Waals surface area contributed by atoms with Crippen molar-refractivity contribution in [3.05, 3.63) is 90.0 Å². The van der Waals surface area contributed by atoms with Crippen molar-refractivity contribution in [3.8, 4) is 5.69 Å². The van der Waals surface area contributed by atoms with Crippen LogP contribution in [0.5, 0.6) is 0 Å². The Kier molecular flexibility index (Phi) is 5.19. The van der Waals surface area contributed by atoms with E-state index < -0.39 is 0 Å². The molecule has 0 spiro atoms. The predicted octanol–water partition coefficient (Wildman–Crippen LogP) is 4.01. The van der Waals surface area contributed by atoms with Crippen molar-refractivity contribution in [1.29, 1.82) is 0 Å². The van der Waals surface area contributed by atoms with E-state index in [1.54, 1.807) is 27.9 Å². The van der Waals surface area contributed by atoms with E-state index in [1.165, 1.54) is 12.1 Å². The van der Waals surface area contributed by atoms with Crippen molar-refractivity contribution >= 4 is 11.6 Å². The summed E-state index contributed by atoms with van der Waals surface area (Å²) < 4.78 is 14.9. The van der Waals surface area contributed by atoms with Crippen molar-refractivity contribution in [2.45, 2.75) is 13.0 Å². The number of hydrogen-bond donors (Lipinski definition) is 1. The van der Waals surface area contributed by atoms with Crippen molar-refractivity contribution in [2.24, 2.45) is 0 Å². The second-order valence-corrected chi connectivity index (χ2v) is 6.71. The number of rotatable bonds is 4. The molecule has 1 N–H and O–H groups in total. The molecule has 0 fully saturated rings. The molecule has 0 saturated heterocycles. The summed E-state index contributed by atoms with van der Waals surface area (Å²) in [7, 11) is 0. The number of hydrogen-bond acceptors (Lipinski definition) is 2. The zero-order chi connectivity index (χ0) is 19.3. The van der Waals surface area contributed by atoms with Gasteiger partial charge in [-0.25, -0.2) is 13.9 Å². The number of nitrogens with zero attached hydrogens (tertiary/aromatic N) is 3. The van der Waals surface area contributed by atoms with E-state index >= 15 is 0 Å². The van der Waals surface area contributed by atoms with E-state index in [0.29, 0.717) is 19.6 Å². The highest BCUT2D eigenvalue weighted by atomic mass is 19.1. The monoisotopic (exact) mass is 376 g/mol. The molecule has 5 nitrogen and oxygen atoms in total. The lowest BCUT2D eigenvalue weighted by atomic mass is 10.00. The SMILES string of the molecule is O=C(NCc1cccc(-n2cccn2)c1)N1CC=C(c2ccc(F)cc2)CC1. The van der Waals surface area contributed by atoms with Crippen LogP contribution in [-0.4, -0.2) is 33.8 Å². The lowest BCUT2D eigenvalue weighted by Gasteiger charge is -2.27. The van der Waals surface area contributed by atoms with Crippen LogP contribution in [0.4, 0.5) is 9.18 Å². The van der Waals surface area contributed by atoms with Gasteiger partial charge in [0.25, 0.3) is 0 Å². The molecule has 0 bridgehead atoms. The first-order chi connectivity index (χ1) is 13.7. The van der Waals surface area contributed by atoms with Crippen LogP contribution in [-0.2, 0) is 6.54 Å². The summed E-state index contributed by atoms with van der Waals surface area (Å²) in [5, 5.41) is 7.21. The van der Waals surface area contributed by atoms with Gasteiger partial charge in [0.1, 0.15) is 5.82 Å². The maximum atomic E-state index is 13.1. The van der Waals surface area contributed by atoms with Gasteiger partial charge >= 0.3 is 6.03 Å². The third-order valence-electron chi connectivity index (χ3n) is 4.83. The molecule has 0 radical (unpaired) electrons. The zero-order valence-electron chi connectivity index (χ0n) is 15.4. The van der Waals surface area contributed by atoms with Crippen LogP contribution in [0.3, 0.4) is 0 Å². The first-order valence-electron chi connectivity index (χ1n) is 9.26. The minimum Gasteiger partial charge on any atom is -0.334 e. The number of benzene rings is 2. The summed E-state index contributed by atoms with van der Waals surface area (Å²) in [5.74, 6) is -0.238. The van der Waals surface area contributed by atoms with Crippen LogP contribution < -0.4 is 5.32 Å². The highest BCUT2D eigenvalue weighted by Gasteiger charge is 2.17. The van der Waals surface area contributed by atoms with Gasteiger partial charge in [0.05, 0.1) is 5.69 Å². The average Bonchev–Trinajstić information content (AvgIpc) is 3.28. The Morgan fingerprint density at radius 3 is 2.71 bits per heavy atom. The van der Waals surface area contributed by atoms with E-state index in [-0.39, 0.29) is 11.8 Å². The highest BCUT2D eigenvalue weighted by Crippen LogP contribution is 2.22. The van der Waals surface area contributed by atoms with Crippen molar-refractivity contribution in [2.75, 3.05) is 13.1 Å². The van der Waals surface area contributed by atoms with E-state index in [9.17, 15) is 9.18 Å². The molecule has 2 aromatic carbocycles. The third kappa shape index (κ3) is 4.11. The van der Waals surface area contributed by atoms with Crippen molar-refractivity contribution < 1.29 is 9.18 Å². The molecule has 142 valence electrons. The summed E-state index contributed by atoms with van der Waals surface area (Å²) in [6.07, 6.45) is 6.41. The lowest BCUT2D eigenvalue weighted by molar-refractivity contribution is 0.202. The first-order valence-corrected chi connectivity index (χ1v) is 9.26. The zero-order valence-corrected chi connectivity index (χ0v) is 15.4. The number of amides is 2. The Morgan fingerprint density at radius 2 is 2.00 bits per heavy atom. The fourth-order valence-electron chi connectivity index (χ4n) is 3.30. The van der Waals surface area contributed by atoms with Gasteiger partial charge in [-0.1, -0.05) is 30.3 Å². The molecule has 0 unspecified atom stereocenters. The Morgan fingerprint density at radius 1 is 1.14 bits per heavy atom. The minimum absolute atomic E-state index is 0.0844. The molecular formula is C22H21FN4O. The highest BCUT2D eigenvalue weighted by molar-refractivity contribution is 5.76. The summed E-state index contributed by atoms with van der Waals surface area (Å²) in [4.78, 5) is 14.3. The quantitative estimate of drug-likeness (QED) is 0.748. The first kappa shape index (κ1) is 18.0. The maximum Gasteiger partial charge on any atom is 0.317 e. The van der Waals surface area contributed by atoms with Crippen LogP contribution in [0.2, 0.25) is 0 Å². The van der Waals surface area contributed by atoms with Crippen molar-refractivity contribution in [3.63, 3.8) is 0 Å². The molecule has 1 aliphatic rings. The summed E-state index contributed by atoms with van der Waals surface area (Å²) in [6.45, 7) is 1.65. The molecule has 0 aliphatic carbocycles. The van der Waals surface area contributed by atoms with Gasteiger partial charge in [0.15, 0.2) is 0 Å². The largest absolute Gasteiger partial charge is 0.334 e. The van der Waals surface area contributed by atoms with E-state index in [1.807, 2.05) is 42.6 Å². The molecular weight excluding hydrogens is 355 g/mol. The lowest BCUT2D eigenvalue weighted by Crippen LogP contribution is -2.41. The molecule has 4 rings (SSSR count). The standard InChI is InChI=1S/C22H21FN4O/c23-20-7-5-18(6-8-20)19-9-13-26(14-10-19)22(28)24-16-17-3-1-4-21(15-17)27-12-2-11-25-27/h1-9,11-12,15H,10,13-14,16H2,(H,24,28). The number of aromatic nitrogens is 2. The van der Waals surface area contributed by atoms with Gasteiger partial charge in [0, 0.05) is 32.0 Å². The molecule has 28 heavy (non-hydrogen) atoms. The fourth-order valence-corrected chi connectivity index (χ4v) is 3.30. The third-order valence-corrected chi connectivity index (χ3v) is 4.83. The molecule has 2 amide bonds.